The highest BCUT2D eigenvalue weighted by Crippen LogP contribution is 2.39. The van der Waals surface area contributed by atoms with Crippen molar-refractivity contribution >= 4 is 11.8 Å². The molecule has 8 heteroatoms. The summed E-state index contributed by atoms with van der Waals surface area (Å²) >= 11 is 0. The first kappa shape index (κ1) is 19.7. The molecule has 5 nitrogen and oxygen atoms in total. The standard InChI is InChI=1S/C19H23F3N2O3/c20-15-5-1-3-12(7-15)17(25)24-10-16-8-13(11-27-16)18(26)23-9-14-4-2-6-19(14,21)22/h1,3,5,7,13-14,16H,2,4,6,8-11H2,(H,23,26)(H,24,25)/t13-,14?,16-/m0/s1. The third-order valence-electron chi connectivity index (χ3n) is 5.21. The molecule has 1 aliphatic heterocycles. The van der Waals surface area contributed by atoms with E-state index in [1.54, 1.807) is 0 Å². The third kappa shape index (κ3) is 5.00. The molecule has 3 atom stereocenters. The van der Waals surface area contributed by atoms with Gasteiger partial charge < -0.3 is 15.4 Å². The van der Waals surface area contributed by atoms with Gasteiger partial charge in [-0.3, -0.25) is 9.59 Å². The number of hydrogen-bond donors (Lipinski definition) is 2. The van der Waals surface area contributed by atoms with E-state index in [9.17, 15) is 22.8 Å². The minimum Gasteiger partial charge on any atom is -0.376 e. The molecule has 2 fully saturated rings. The lowest BCUT2D eigenvalue weighted by atomic mass is 10.0. The Morgan fingerprint density at radius 3 is 2.74 bits per heavy atom. The predicted octanol–water partition coefficient (Wildman–Crippen LogP) is 2.51. The number of carbonyl (C=O) groups excluding carboxylic acids is 2. The number of benzene rings is 1. The lowest BCUT2D eigenvalue weighted by molar-refractivity contribution is -0.125. The van der Waals surface area contributed by atoms with Gasteiger partial charge in [0.1, 0.15) is 5.82 Å². The first-order valence-corrected chi connectivity index (χ1v) is 9.16. The molecule has 27 heavy (non-hydrogen) atoms. The van der Waals surface area contributed by atoms with Crippen molar-refractivity contribution < 1.29 is 27.5 Å². The molecule has 148 valence electrons. The molecular weight excluding hydrogens is 361 g/mol. The SMILES string of the molecule is O=C(NC[C@@H]1C[C@H](C(=O)NCC2CCCC2(F)F)CO1)c1cccc(F)c1. The Hall–Kier alpha value is -2.09. The van der Waals surface area contributed by atoms with E-state index in [1.165, 1.54) is 18.2 Å². The second kappa shape index (κ2) is 8.29. The Labute approximate surface area is 155 Å². The Bertz CT molecular complexity index is 699. The van der Waals surface area contributed by atoms with E-state index in [0.29, 0.717) is 19.3 Å². The van der Waals surface area contributed by atoms with Gasteiger partial charge in [-0.2, -0.15) is 0 Å². The number of rotatable bonds is 6. The number of alkyl halides is 2. The second-order valence-corrected chi connectivity index (χ2v) is 7.20. The van der Waals surface area contributed by atoms with Crippen LogP contribution >= 0.6 is 0 Å². The van der Waals surface area contributed by atoms with Crippen molar-refractivity contribution in [2.24, 2.45) is 11.8 Å². The van der Waals surface area contributed by atoms with Crippen molar-refractivity contribution in [1.29, 1.82) is 0 Å². The lowest BCUT2D eigenvalue weighted by Gasteiger charge is -2.20. The molecule has 1 unspecified atom stereocenters. The van der Waals surface area contributed by atoms with Crippen molar-refractivity contribution in [3.8, 4) is 0 Å². The number of nitrogens with one attached hydrogen (secondary N) is 2. The zero-order chi connectivity index (χ0) is 19.4. The molecule has 3 rings (SSSR count). The van der Waals surface area contributed by atoms with E-state index in [1.807, 2.05) is 0 Å². The van der Waals surface area contributed by atoms with E-state index >= 15 is 0 Å². The number of ether oxygens (including phenoxy) is 1. The Balaban J connectivity index is 1.40. The van der Waals surface area contributed by atoms with Gasteiger partial charge in [-0.15, -0.1) is 0 Å². The van der Waals surface area contributed by atoms with Crippen molar-refractivity contribution in [1.82, 2.24) is 10.6 Å². The first-order chi connectivity index (χ1) is 12.8. The summed E-state index contributed by atoms with van der Waals surface area (Å²) in [6.45, 7) is 0.358. The average Bonchev–Trinajstić information content (AvgIpc) is 3.23. The summed E-state index contributed by atoms with van der Waals surface area (Å²) in [5.41, 5.74) is 0.208. The summed E-state index contributed by atoms with van der Waals surface area (Å²) in [7, 11) is 0. The van der Waals surface area contributed by atoms with Crippen LogP contribution in [0, 0.1) is 17.7 Å². The van der Waals surface area contributed by atoms with E-state index in [-0.39, 0.29) is 43.7 Å². The zero-order valence-electron chi connectivity index (χ0n) is 14.8. The normalized spacial score (nSPS) is 26.7. The molecule has 1 heterocycles. The summed E-state index contributed by atoms with van der Waals surface area (Å²) in [5.74, 6) is -5.14. The van der Waals surface area contributed by atoms with Crippen LogP contribution in [0.2, 0.25) is 0 Å². The zero-order valence-corrected chi connectivity index (χ0v) is 14.8. The van der Waals surface area contributed by atoms with Crippen LogP contribution < -0.4 is 10.6 Å². The number of hydrogen-bond acceptors (Lipinski definition) is 3. The molecule has 0 radical (unpaired) electrons. The van der Waals surface area contributed by atoms with Gasteiger partial charge in [0.15, 0.2) is 0 Å². The summed E-state index contributed by atoms with van der Waals surface area (Å²) in [5, 5.41) is 5.27. The quantitative estimate of drug-likeness (QED) is 0.792. The Kier molecular flexibility index (Phi) is 6.04. The second-order valence-electron chi connectivity index (χ2n) is 7.20. The molecule has 0 spiro atoms. The molecule has 1 aromatic carbocycles. The maximum atomic E-state index is 13.6. The fraction of sp³-hybridized carbons (Fsp3) is 0.579. The minimum atomic E-state index is -2.71. The highest BCUT2D eigenvalue weighted by atomic mass is 19.3. The van der Waals surface area contributed by atoms with E-state index in [2.05, 4.69) is 10.6 Å². The van der Waals surface area contributed by atoms with Crippen LogP contribution in [0.5, 0.6) is 0 Å². The van der Waals surface area contributed by atoms with Gasteiger partial charge in [-0.25, -0.2) is 13.2 Å². The van der Waals surface area contributed by atoms with Gasteiger partial charge in [0.2, 0.25) is 5.91 Å². The molecule has 2 aliphatic rings. The van der Waals surface area contributed by atoms with Crippen LogP contribution in [0.4, 0.5) is 13.2 Å². The highest BCUT2D eigenvalue weighted by Gasteiger charge is 2.44. The summed E-state index contributed by atoms with van der Waals surface area (Å²) in [6.07, 6.45) is 0.839. The fourth-order valence-corrected chi connectivity index (χ4v) is 3.59. The van der Waals surface area contributed by atoms with Gasteiger partial charge >= 0.3 is 0 Å². The molecule has 1 saturated carbocycles. The number of halogens is 3. The lowest BCUT2D eigenvalue weighted by Crippen LogP contribution is -2.39. The molecule has 2 amide bonds. The predicted molar refractivity (Wildman–Crippen MR) is 91.9 cm³/mol. The molecule has 2 N–H and O–H groups in total. The van der Waals surface area contributed by atoms with Crippen LogP contribution in [0.25, 0.3) is 0 Å². The average molecular weight is 384 g/mol. The van der Waals surface area contributed by atoms with Crippen molar-refractivity contribution in [3.05, 3.63) is 35.6 Å². The largest absolute Gasteiger partial charge is 0.376 e. The van der Waals surface area contributed by atoms with Crippen LogP contribution in [-0.4, -0.2) is 43.5 Å². The Morgan fingerprint density at radius 2 is 2.04 bits per heavy atom. The van der Waals surface area contributed by atoms with Gasteiger partial charge in [-0.05, 0) is 37.5 Å². The van der Waals surface area contributed by atoms with Crippen LogP contribution in [0.1, 0.15) is 36.0 Å². The fourth-order valence-electron chi connectivity index (χ4n) is 3.59. The third-order valence-corrected chi connectivity index (χ3v) is 5.21. The van der Waals surface area contributed by atoms with E-state index in [4.69, 9.17) is 4.74 Å². The molecule has 1 aliphatic carbocycles. The maximum absolute atomic E-state index is 13.6. The van der Waals surface area contributed by atoms with Crippen LogP contribution in [-0.2, 0) is 9.53 Å². The van der Waals surface area contributed by atoms with Crippen molar-refractivity contribution in [3.63, 3.8) is 0 Å². The van der Waals surface area contributed by atoms with Gasteiger partial charge in [0.25, 0.3) is 11.8 Å². The summed E-state index contributed by atoms with van der Waals surface area (Å²) < 4.78 is 45.9. The molecule has 0 aromatic heterocycles. The molecule has 1 saturated heterocycles. The minimum absolute atomic E-state index is 0.0245. The van der Waals surface area contributed by atoms with Crippen LogP contribution in [0.15, 0.2) is 24.3 Å². The van der Waals surface area contributed by atoms with E-state index < -0.39 is 29.5 Å². The number of carbonyl (C=O) groups is 2. The summed E-state index contributed by atoms with van der Waals surface area (Å²) in [4.78, 5) is 24.2. The van der Waals surface area contributed by atoms with Crippen molar-refractivity contribution in [2.45, 2.75) is 37.7 Å². The van der Waals surface area contributed by atoms with E-state index in [0.717, 1.165) is 6.07 Å². The van der Waals surface area contributed by atoms with Crippen molar-refractivity contribution in [2.75, 3.05) is 19.7 Å². The van der Waals surface area contributed by atoms with Gasteiger partial charge in [0.05, 0.1) is 18.6 Å². The summed E-state index contributed by atoms with van der Waals surface area (Å²) in [6, 6.07) is 5.34. The van der Waals surface area contributed by atoms with Gasteiger partial charge in [-0.1, -0.05) is 6.07 Å². The van der Waals surface area contributed by atoms with Crippen LogP contribution in [0.3, 0.4) is 0 Å². The number of amides is 2. The topological polar surface area (TPSA) is 67.4 Å². The highest BCUT2D eigenvalue weighted by molar-refractivity contribution is 5.94. The smallest absolute Gasteiger partial charge is 0.252 e. The molecule has 0 bridgehead atoms. The Morgan fingerprint density at radius 1 is 1.22 bits per heavy atom. The molecule has 1 aromatic rings. The monoisotopic (exact) mass is 384 g/mol. The maximum Gasteiger partial charge on any atom is 0.252 e. The first-order valence-electron chi connectivity index (χ1n) is 9.16. The van der Waals surface area contributed by atoms with Gasteiger partial charge in [0, 0.05) is 31.0 Å². The molecular formula is C19H23F3N2O3.